The van der Waals surface area contributed by atoms with Gasteiger partial charge in [0.1, 0.15) is 0 Å². The van der Waals surface area contributed by atoms with Gasteiger partial charge in [-0.2, -0.15) is 0 Å². The normalized spacial score (nSPS) is 14.7. The monoisotopic (exact) mass is 547 g/mol. The fraction of sp³-hybridized carbons (Fsp3) is 0.735. The molecule has 5 heteroatoms. The molecule has 0 aliphatic carbocycles. The lowest BCUT2D eigenvalue weighted by Crippen LogP contribution is -2.45. The summed E-state index contributed by atoms with van der Waals surface area (Å²) in [5, 5.41) is 32.8. The second kappa shape index (κ2) is 29.3. The number of rotatable bonds is 27. The Labute approximate surface area is 240 Å². The zero-order valence-corrected chi connectivity index (χ0v) is 25.2. The largest absolute Gasteiger partial charge is 0.394 e. The molecule has 0 rings (SSSR count). The summed E-state index contributed by atoms with van der Waals surface area (Å²) in [4.78, 5) is 12.3. The van der Waals surface area contributed by atoms with Crippen molar-refractivity contribution >= 4 is 5.91 Å². The van der Waals surface area contributed by atoms with Crippen LogP contribution in [0.3, 0.4) is 0 Å². The number of unbranched alkanes of at least 4 members (excludes halogenated alkanes) is 12. The average molecular weight is 548 g/mol. The summed E-state index contributed by atoms with van der Waals surface area (Å²) in [6.07, 6.45) is 35.1. The zero-order valence-electron chi connectivity index (χ0n) is 25.2. The van der Waals surface area contributed by atoms with E-state index >= 15 is 0 Å². The van der Waals surface area contributed by atoms with E-state index in [1.165, 1.54) is 64.2 Å². The van der Waals surface area contributed by atoms with Crippen LogP contribution >= 0.6 is 0 Å². The molecule has 5 nitrogen and oxygen atoms in total. The van der Waals surface area contributed by atoms with E-state index in [0.29, 0.717) is 6.42 Å². The van der Waals surface area contributed by atoms with Crippen molar-refractivity contribution in [3.05, 3.63) is 48.6 Å². The third kappa shape index (κ3) is 26.3. The second-order valence-electron chi connectivity index (χ2n) is 10.7. The van der Waals surface area contributed by atoms with Crippen molar-refractivity contribution < 1.29 is 20.1 Å². The summed E-state index contributed by atoms with van der Waals surface area (Å²) in [5.41, 5.74) is 0. The number of carbonyl (C=O) groups is 1. The quantitative estimate of drug-likeness (QED) is 0.0622. The number of nitrogens with one attached hydrogen (secondary N) is 1. The third-order valence-electron chi connectivity index (χ3n) is 6.82. The number of hydrogen-bond donors (Lipinski definition) is 4. The maximum atomic E-state index is 12.3. The van der Waals surface area contributed by atoms with Crippen molar-refractivity contribution in [3.8, 4) is 0 Å². The maximum Gasteiger partial charge on any atom is 0.222 e. The molecule has 39 heavy (non-hydrogen) atoms. The Bertz CT molecular complexity index is 656. The highest BCUT2D eigenvalue weighted by Gasteiger charge is 2.19. The lowest BCUT2D eigenvalue weighted by atomic mass is 10.1. The van der Waals surface area contributed by atoms with E-state index in [-0.39, 0.29) is 18.9 Å². The Morgan fingerprint density at radius 2 is 1.10 bits per heavy atom. The van der Waals surface area contributed by atoms with Crippen LogP contribution in [0.2, 0.25) is 0 Å². The molecule has 0 aromatic carbocycles. The SMILES string of the molecule is CCCCC/C=C/CC/C=C/CC/C=C/C(O)C(CO)NC(=O)CC(O)CCC/C=C\CCCCCCCC. The highest BCUT2D eigenvalue weighted by molar-refractivity contribution is 5.76. The molecule has 0 fully saturated rings. The van der Waals surface area contributed by atoms with Crippen molar-refractivity contribution in [2.45, 2.75) is 154 Å². The van der Waals surface area contributed by atoms with Crippen LogP contribution < -0.4 is 5.32 Å². The van der Waals surface area contributed by atoms with Gasteiger partial charge in [0.25, 0.3) is 0 Å². The molecular weight excluding hydrogens is 486 g/mol. The minimum Gasteiger partial charge on any atom is -0.394 e. The summed E-state index contributed by atoms with van der Waals surface area (Å²) in [7, 11) is 0. The molecule has 1 amide bonds. The molecule has 3 atom stereocenters. The van der Waals surface area contributed by atoms with Gasteiger partial charge in [-0.25, -0.2) is 0 Å². The Kier molecular flexibility index (Phi) is 28.0. The molecule has 0 saturated carbocycles. The van der Waals surface area contributed by atoms with Crippen LogP contribution in [-0.2, 0) is 4.79 Å². The third-order valence-corrected chi connectivity index (χ3v) is 6.82. The second-order valence-corrected chi connectivity index (χ2v) is 10.7. The molecule has 3 unspecified atom stereocenters. The first-order chi connectivity index (χ1) is 19.0. The van der Waals surface area contributed by atoms with E-state index in [0.717, 1.165) is 44.9 Å². The highest BCUT2D eigenvalue weighted by atomic mass is 16.3. The van der Waals surface area contributed by atoms with E-state index < -0.39 is 18.2 Å². The Balaban J connectivity index is 3.95. The van der Waals surface area contributed by atoms with Gasteiger partial charge in [0.15, 0.2) is 0 Å². The summed E-state index contributed by atoms with van der Waals surface area (Å²) < 4.78 is 0. The molecule has 0 aromatic heterocycles. The van der Waals surface area contributed by atoms with Crippen LogP contribution in [0, 0.1) is 0 Å². The first kappa shape index (κ1) is 37.3. The maximum absolute atomic E-state index is 12.3. The molecule has 4 N–H and O–H groups in total. The standard InChI is InChI=1S/C34H61NO4/c1-3-5-7-9-11-13-15-16-18-20-22-24-26-28-33(38)32(30-36)35-34(39)29-31(37)27-25-23-21-19-17-14-12-10-8-6-4-2/h11,13,18-21,26,28,31-33,36-38H,3-10,12,14-17,22-25,27,29-30H2,1-2H3,(H,35,39)/b13-11+,20-18+,21-19-,28-26+. The van der Waals surface area contributed by atoms with E-state index in [4.69, 9.17) is 0 Å². The van der Waals surface area contributed by atoms with Gasteiger partial charge in [0.2, 0.25) is 5.91 Å². The Morgan fingerprint density at radius 3 is 1.69 bits per heavy atom. The minimum absolute atomic E-state index is 0.0207. The lowest BCUT2D eigenvalue weighted by molar-refractivity contribution is -0.124. The van der Waals surface area contributed by atoms with Gasteiger partial charge in [0.05, 0.1) is 31.3 Å². The topological polar surface area (TPSA) is 89.8 Å². The molecule has 0 bridgehead atoms. The molecule has 0 aliphatic rings. The van der Waals surface area contributed by atoms with Gasteiger partial charge >= 0.3 is 0 Å². The number of amides is 1. The molecule has 226 valence electrons. The number of carbonyl (C=O) groups excluding carboxylic acids is 1. The fourth-order valence-electron chi connectivity index (χ4n) is 4.31. The number of hydrogen-bond acceptors (Lipinski definition) is 4. The van der Waals surface area contributed by atoms with Crippen LogP contribution in [-0.4, -0.2) is 46.1 Å². The predicted octanol–water partition coefficient (Wildman–Crippen LogP) is 7.86. The van der Waals surface area contributed by atoms with Crippen LogP contribution in [0.4, 0.5) is 0 Å². The first-order valence-electron chi connectivity index (χ1n) is 15.9. The average Bonchev–Trinajstić information content (AvgIpc) is 2.92. The van der Waals surface area contributed by atoms with Crippen molar-refractivity contribution in [1.82, 2.24) is 5.32 Å². The smallest absolute Gasteiger partial charge is 0.222 e. The molecule has 0 saturated heterocycles. The van der Waals surface area contributed by atoms with Crippen molar-refractivity contribution in [2.24, 2.45) is 0 Å². The predicted molar refractivity (Wildman–Crippen MR) is 167 cm³/mol. The van der Waals surface area contributed by atoms with Gasteiger partial charge in [-0.3, -0.25) is 4.79 Å². The highest BCUT2D eigenvalue weighted by Crippen LogP contribution is 2.10. The van der Waals surface area contributed by atoms with Crippen molar-refractivity contribution in [3.63, 3.8) is 0 Å². The van der Waals surface area contributed by atoms with E-state index in [1.54, 1.807) is 6.08 Å². The van der Waals surface area contributed by atoms with Crippen LogP contribution in [0.15, 0.2) is 48.6 Å². The number of aliphatic hydroxyl groups is 3. The van der Waals surface area contributed by atoms with Crippen LogP contribution in [0.1, 0.15) is 136 Å². The molecule has 0 aliphatic heterocycles. The number of allylic oxidation sites excluding steroid dienone is 7. The van der Waals surface area contributed by atoms with Gasteiger partial charge in [-0.15, -0.1) is 0 Å². The van der Waals surface area contributed by atoms with E-state index in [9.17, 15) is 20.1 Å². The summed E-state index contributed by atoms with van der Waals surface area (Å²) in [5.74, 6) is -0.352. The molecular formula is C34H61NO4. The Hall–Kier alpha value is -1.69. The summed E-state index contributed by atoms with van der Waals surface area (Å²) in [6.45, 7) is 4.10. The zero-order chi connectivity index (χ0) is 28.8. The fourth-order valence-corrected chi connectivity index (χ4v) is 4.31. The van der Waals surface area contributed by atoms with Gasteiger partial charge in [-0.05, 0) is 70.6 Å². The summed E-state index contributed by atoms with van der Waals surface area (Å²) >= 11 is 0. The molecule has 0 aromatic rings. The lowest BCUT2D eigenvalue weighted by Gasteiger charge is -2.20. The first-order valence-corrected chi connectivity index (χ1v) is 15.9. The molecule has 0 spiro atoms. The summed E-state index contributed by atoms with van der Waals surface area (Å²) in [6, 6.07) is -0.773. The molecule has 0 radical (unpaired) electrons. The van der Waals surface area contributed by atoms with Gasteiger partial charge < -0.3 is 20.6 Å². The number of aliphatic hydroxyl groups excluding tert-OH is 3. The van der Waals surface area contributed by atoms with Crippen LogP contribution in [0.5, 0.6) is 0 Å². The van der Waals surface area contributed by atoms with Gasteiger partial charge in [0, 0.05) is 0 Å². The Morgan fingerprint density at radius 1 is 0.641 bits per heavy atom. The van der Waals surface area contributed by atoms with Crippen LogP contribution in [0.25, 0.3) is 0 Å². The van der Waals surface area contributed by atoms with Crippen molar-refractivity contribution in [2.75, 3.05) is 6.61 Å². The van der Waals surface area contributed by atoms with Gasteiger partial charge in [-0.1, -0.05) is 107 Å². The van der Waals surface area contributed by atoms with Crippen molar-refractivity contribution in [1.29, 1.82) is 0 Å². The van der Waals surface area contributed by atoms with E-state index in [2.05, 4.69) is 55.6 Å². The minimum atomic E-state index is -0.963. The van der Waals surface area contributed by atoms with E-state index in [1.807, 2.05) is 6.08 Å². The molecule has 0 heterocycles.